The van der Waals surface area contributed by atoms with Crippen LogP contribution in [0.4, 0.5) is 0 Å². The zero-order valence-corrected chi connectivity index (χ0v) is 22.2. The summed E-state index contributed by atoms with van der Waals surface area (Å²) < 4.78 is 2.23. The number of carbonyl (C=O) groups is 1. The van der Waals surface area contributed by atoms with Gasteiger partial charge in [0.15, 0.2) is 0 Å². The quantitative estimate of drug-likeness (QED) is 0.257. The Hall–Kier alpha value is -3.45. The zero-order valence-electron chi connectivity index (χ0n) is 20.6. The largest absolute Gasteiger partial charge is 0.335 e. The van der Waals surface area contributed by atoms with Gasteiger partial charge in [-0.2, -0.15) is 0 Å². The van der Waals surface area contributed by atoms with Crippen molar-refractivity contribution in [2.75, 3.05) is 26.2 Å². The van der Waals surface area contributed by atoms with E-state index in [0.717, 1.165) is 65.8 Å². The van der Waals surface area contributed by atoms with Gasteiger partial charge in [0.1, 0.15) is 5.65 Å². The summed E-state index contributed by atoms with van der Waals surface area (Å²) in [4.78, 5) is 23.0. The van der Waals surface area contributed by atoms with Crippen molar-refractivity contribution in [3.05, 3.63) is 106 Å². The number of halogens is 1. The third-order valence-electron chi connectivity index (χ3n) is 6.95. The third kappa shape index (κ3) is 4.92. The molecular weight excluding hydrogens is 500 g/mol. The molecule has 7 heteroatoms. The molecule has 1 aliphatic heterocycles. The molecule has 0 atom stereocenters. The second kappa shape index (κ2) is 10.1. The molecule has 0 bridgehead atoms. The van der Waals surface area contributed by atoms with E-state index < -0.39 is 0 Å². The normalized spacial score (nSPS) is 14.4. The molecule has 186 valence electrons. The summed E-state index contributed by atoms with van der Waals surface area (Å²) >= 11 is 7.69. The fourth-order valence-corrected chi connectivity index (χ4v) is 5.77. The van der Waals surface area contributed by atoms with Gasteiger partial charge in [-0.05, 0) is 53.8 Å². The van der Waals surface area contributed by atoms with Gasteiger partial charge < -0.3 is 9.30 Å². The molecule has 1 saturated heterocycles. The second-order valence-electron chi connectivity index (χ2n) is 9.48. The summed E-state index contributed by atoms with van der Waals surface area (Å²) in [6.07, 6.45) is 2.20. The van der Waals surface area contributed by atoms with Crippen LogP contribution in [0.5, 0.6) is 0 Å². The number of hydrogen-bond donors (Lipinski definition) is 0. The highest BCUT2D eigenvalue weighted by molar-refractivity contribution is 7.12. The fraction of sp³-hybridized carbons (Fsp3) is 0.200. The van der Waals surface area contributed by atoms with E-state index in [1.54, 1.807) is 0 Å². The minimum Gasteiger partial charge on any atom is -0.335 e. The maximum Gasteiger partial charge on any atom is 0.264 e. The van der Waals surface area contributed by atoms with Crippen LogP contribution in [0.2, 0.25) is 5.02 Å². The molecule has 1 fully saturated rings. The Morgan fingerprint density at radius 1 is 0.919 bits per heavy atom. The van der Waals surface area contributed by atoms with Crippen LogP contribution in [0.15, 0.2) is 84.4 Å². The average Bonchev–Trinajstić information content (AvgIpc) is 3.58. The summed E-state index contributed by atoms with van der Waals surface area (Å²) in [7, 11) is 0. The maximum atomic E-state index is 12.8. The van der Waals surface area contributed by atoms with Crippen molar-refractivity contribution in [1.29, 1.82) is 0 Å². The summed E-state index contributed by atoms with van der Waals surface area (Å²) in [6, 6.07) is 24.5. The van der Waals surface area contributed by atoms with Crippen LogP contribution in [0.1, 0.15) is 20.9 Å². The number of hydrogen-bond acceptors (Lipinski definition) is 4. The fourth-order valence-electron chi connectivity index (χ4n) is 4.96. The van der Waals surface area contributed by atoms with Gasteiger partial charge >= 0.3 is 0 Å². The van der Waals surface area contributed by atoms with Crippen LogP contribution in [-0.2, 0) is 6.54 Å². The number of carbonyl (C=O) groups excluding carboxylic acids is 1. The molecule has 0 N–H and O–H groups in total. The lowest BCUT2D eigenvalue weighted by molar-refractivity contribution is 0.0631. The minimum atomic E-state index is 0.133. The SMILES string of the molecule is Cc1cccc(-c2ccc3nc(-c4ccc(Cl)cc4)c(CN4CCN(C(=O)c5cccs5)CC4)n3c2)c1. The second-order valence-corrected chi connectivity index (χ2v) is 10.9. The number of thiophene rings is 1. The van der Waals surface area contributed by atoms with E-state index in [-0.39, 0.29) is 5.91 Å². The summed E-state index contributed by atoms with van der Waals surface area (Å²) in [5.41, 5.74) is 7.66. The van der Waals surface area contributed by atoms with Crippen LogP contribution in [0.3, 0.4) is 0 Å². The van der Waals surface area contributed by atoms with E-state index in [0.29, 0.717) is 5.02 Å². The number of nitrogens with zero attached hydrogens (tertiary/aromatic N) is 4. The molecule has 4 heterocycles. The van der Waals surface area contributed by atoms with Crippen LogP contribution < -0.4 is 0 Å². The Bertz CT molecular complexity index is 1550. The van der Waals surface area contributed by atoms with Crippen LogP contribution >= 0.6 is 22.9 Å². The Balaban J connectivity index is 1.33. The van der Waals surface area contributed by atoms with Gasteiger partial charge in [0.05, 0.1) is 16.3 Å². The van der Waals surface area contributed by atoms with Crippen molar-refractivity contribution in [1.82, 2.24) is 19.2 Å². The number of rotatable bonds is 5. The predicted molar refractivity (Wildman–Crippen MR) is 151 cm³/mol. The van der Waals surface area contributed by atoms with Gasteiger partial charge in [-0.15, -0.1) is 11.3 Å². The van der Waals surface area contributed by atoms with Crippen LogP contribution in [0.25, 0.3) is 28.0 Å². The molecule has 0 unspecified atom stereocenters. The average molecular weight is 527 g/mol. The van der Waals surface area contributed by atoms with Gasteiger partial charge in [-0.3, -0.25) is 9.69 Å². The van der Waals surface area contributed by atoms with Gasteiger partial charge in [-0.25, -0.2) is 4.98 Å². The van der Waals surface area contributed by atoms with Crippen molar-refractivity contribution in [3.8, 4) is 22.4 Å². The van der Waals surface area contributed by atoms with E-state index in [1.807, 2.05) is 46.7 Å². The van der Waals surface area contributed by atoms with E-state index in [2.05, 4.69) is 58.8 Å². The van der Waals surface area contributed by atoms with E-state index in [9.17, 15) is 4.79 Å². The highest BCUT2D eigenvalue weighted by Gasteiger charge is 2.25. The lowest BCUT2D eigenvalue weighted by Gasteiger charge is -2.34. The molecule has 1 amide bonds. The molecule has 0 radical (unpaired) electrons. The van der Waals surface area contributed by atoms with Gasteiger partial charge in [0, 0.05) is 49.5 Å². The standard InChI is InChI=1S/C30H27ClN4OS/c1-21-4-2-5-23(18-21)24-9-12-28-32-29(22-7-10-25(31)11-8-22)26(35(28)19-24)20-33-13-15-34(16-14-33)30(36)27-6-3-17-37-27/h2-12,17-19H,13-16,20H2,1H3. The minimum absolute atomic E-state index is 0.133. The molecule has 0 aliphatic carbocycles. The van der Waals surface area contributed by atoms with Crippen molar-refractivity contribution in [3.63, 3.8) is 0 Å². The zero-order chi connectivity index (χ0) is 25.4. The Kier molecular flexibility index (Phi) is 6.55. The first-order valence-corrected chi connectivity index (χ1v) is 13.7. The number of aromatic nitrogens is 2. The van der Waals surface area contributed by atoms with E-state index >= 15 is 0 Å². The van der Waals surface area contributed by atoms with Gasteiger partial charge in [0.25, 0.3) is 5.91 Å². The number of benzene rings is 2. The Morgan fingerprint density at radius 3 is 2.43 bits per heavy atom. The molecule has 3 aromatic heterocycles. The van der Waals surface area contributed by atoms with Crippen molar-refractivity contribution in [2.45, 2.75) is 13.5 Å². The molecule has 37 heavy (non-hydrogen) atoms. The lowest BCUT2D eigenvalue weighted by atomic mass is 10.1. The summed E-state index contributed by atoms with van der Waals surface area (Å²) in [5, 5.41) is 2.67. The van der Waals surface area contributed by atoms with Gasteiger partial charge in [0.2, 0.25) is 0 Å². The number of aryl methyl sites for hydroxylation is 1. The number of fused-ring (bicyclic) bond motifs is 1. The highest BCUT2D eigenvalue weighted by Crippen LogP contribution is 2.30. The lowest BCUT2D eigenvalue weighted by Crippen LogP contribution is -2.48. The number of amides is 1. The van der Waals surface area contributed by atoms with Crippen LogP contribution in [0, 0.1) is 6.92 Å². The number of piperazine rings is 1. The first-order valence-electron chi connectivity index (χ1n) is 12.4. The summed E-state index contributed by atoms with van der Waals surface area (Å²) in [5.74, 6) is 0.133. The molecule has 6 rings (SSSR count). The molecule has 0 spiro atoms. The van der Waals surface area contributed by atoms with E-state index in [4.69, 9.17) is 16.6 Å². The highest BCUT2D eigenvalue weighted by atomic mass is 35.5. The smallest absolute Gasteiger partial charge is 0.264 e. The van der Waals surface area contributed by atoms with Crippen molar-refractivity contribution < 1.29 is 4.79 Å². The van der Waals surface area contributed by atoms with E-state index in [1.165, 1.54) is 22.5 Å². The van der Waals surface area contributed by atoms with Crippen molar-refractivity contribution in [2.24, 2.45) is 0 Å². The molecule has 2 aromatic carbocycles. The molecule has 5 nitrogen and oxygen atoms in total. The topological polar surface area (TPSA) is 40.9 Å². The molecule has 1 aliphatic rings. The molecular formula is C30H27ClN4OS. The summed E-state index contributed by atoms with van der Waals surface area (Å²) in [6.45, 7) is 5.95. The first kappa shape index (κ1) is 23.9. The maximum absolute atomic E-state index is 12.8. The first-order chi connectivity index (χ1) is 18.0. The van der Waals surface area contributed by atoms with Crippen molar-refractivity contribution >= 4 is 34.5 Å². The number of pyridine rings is 1. The Morgan fingerprint density at radius 2 is 1.70 bits per heavy atom. The van der Waals surface area contributed by atoms with Crippen LogP contribution in [-0.4, -0.2) is 51.3 Å². The predicted octanol–water partition coefficient (Wildman–Crippen LogP) is 6.65. The molecule has 5 aromatic rings. The Labute approximate surface area is 225 Å². The molecule has 0 saturated carbocycles. The third-order valence-corrected chi connectivity index (χ3v) is 8.06. The van der Waals surface area contributed by atoms with Gasteiger partial charge in [-0.1, -0.05) is 59.6 Å². The monoisotopic (exact) mass is 526 g/mol. The number of imidazole rings is 1.